The Morgan fingerprint density at radius 2 is 0.759 bits per heavy atom. The zero-order chi connectivity index (χ0) is 21.8. The van der Waals surface area contributed by atoms with Crippen molar-refractivity contribution in [2.75, 3.05) is 14.2 Å². The van der Waals surface area contributed by atoms with E-state index < -0.39 is 8.56 Å². The summed E-state index contributed by atoms with van der Waals surface area (Å²) in [5, 5.41) is 0.144. The first-order valence-electron chi connectivity index (χ1n) is 13.0. The molecule has 0 aliphatic rings. The van der Waals surface area contributed by atoms with Crippen LogP contribution in [0.3, 0.4) is 0 Å². The van der Waals surface area contributed by atoms with Gasteiger partial charge in [0.05, 0.1) is 0 Å². The molecule has 0 aliphatic heterocycles. The van der Waals surface area contributed by atoms with E-state index in [2.05, 4.69) is 27.7 Å². The van der Waals surface area contributed by atoms with Crippen LogP contribution in [0.25, 0.3) is 0 Å². The maximum Gasteiger partial charge on any atom is 0.343 e. The average Bonchev–Trinajstić information content (AvgIpc) is 2.69. The molecule has 0 atom stereocenters. The quantitative estimate of drug-likeness (QED) is 0.134. The maximum absolute atomic E-state index is 5.90. The molecule has 0 N–H and O–H groups in total. The number of rotatable bonds is 21. The third kappa shape index (κ3) is 14.7. The largest absolute Gasteiger partial charge is 0.397 e. The van der Waals surface area contributed by atoms with Gasteiger partial charge in [-0.15, -0.1) is 0 Å². The molecule has 0 bridgehead atoms. The summed E-state index contributed by atoms with van der Waals surface area (Å²) >= 11 is 0. The van der Waals surface area contributed by atoms with Gasteiger partial charge in [0.15, 0.2) is 0 Å². The SMILES string of the molecule is CCCCCCCCCCCCCCCCCCCC[Si](OC)(OC)C(C)(C)C. The molecule has 0 saturated carbocycles. The summed E-state index contributed by atoms with van der Waals surface area (Å²) in [7, 11) is 1.63. The van der Waals surface area contributed by atoms with Crippen molar-refractivity contribution in [3.8, 4) is 0 Å². The standard InChI is InChI=1S/C26H56O2Si/c1-7-8-9-10-11-12-13-14-15-16-17-18-19-20-21-22-23-24-25-29(27-5,28-6)26(2,3)4/h7-25H2,1-6H3. The molecular formula is C26H56O2Si. The summed E-state index contributed by atoms with van der Waals surface area (Å²) in [4.78, 5) is 0. The lowest BCUT2D eigenvalue weighted by Gasteiger charge is -2.38. The van der Waals surface area contributed by atoms with Gasteiger partial charge in [-0.05, 0) is 6.04 Å². The van der Waals surface area contributed by atoms with Crippen LogP contribution in [0.2, 0.25) is 11.1 Å². The Morgan fingerprint density at radius 3 is 1.00 bits per heavy atom. The Morgan fingerprint density at radius 1 is 0.483 bits per heavy atom. The minimum atomic E-state index is -2.06. The lowest BCUT2D eigenvalue weighted by atomic mass is 10.0. The first kappa shape index (κ1) is 29.1. The van der Waals surface area contributed by atoms with E-state index in [9.17, 15) is 0 Å². The lowest BCUT2D eigenvalue weighted by molar-refractivity contribution is 0.212. The molecule has 0 spiro atoms. The zero-order valence-corrected chi connectivity index (χ0v) is 22.3. The van der Waals surface area contributed by atoms with Crippen molar-refractivity contribution in [2.45, 2.75) is 154 Å². The fourth-order valence-electron chi connectivity index (χ4n) is 4.53. The Bertz CT molecular complexity index is 334. The predicted molar refractivity (Wildman–Crippen MR) is 133 cm³/mol. The highest BCUT2D eigenvalue weighted by molar-refractivity contribution is 6.70. The molecule has 0 unspecified atom stereocenters. The van der Waals surface area contributed by atoms with E-state index in [1.54, 1.807) is 0 Å². The van der Waals surface area contributed by atoms with Gasteiger partial charge < -0.3 is 8.85 Å². The molecule has 0 saturated heterocycles. The van der Waals surface area contributed by atoms with E-state index in [4.69, 9.17) is 8.85 Å². The number of hydrogen-bond donors (Lipinski definition) is 0. The first-order chi connectivity index (χ1) is 13.9. The molecule has 0 rings (SSSR count). The van der Waals surface area contributed by atoms with Gasteiger partial charge >= 0.3 is 8.56 Å². The monoisotopic (exact) mass is 428 g/mol. The zero-order valence-electron chi connectivity index (χ0n) is 21.3. The highest BCUT2D eigenvalue weighted by Crippen LogP contribution is 2.40. The summed E-state index contributed by atoms with van der Waals surface area (Å²) in [6.45, 7) is 9.09. The average molecular weight is 429 g/mol. The smallest absolute Gasteiger partial charge is 0.343 e. The van der Waals surface area contributed by atoms with Crippen molar-refractivity contribution in [1.29, 1.82) is 0 Å². The van der Waals surface area contributed by atoms with Crippen molar-refractivity contribution in [2.24, 2.45) is 0 Å². The Kier molecular flexibility index (Phi) is 19.0. The van der Waals surface area contributed by atoms with Gasteiger partial charge in [-0.3, -0.25) is 0 Å². The molecule has 0 heterocycles. The van der Waals surface area contributed by atoms with E-state index >= 15 is 0 Å². The molecule has 2 nitrogen and oxygen atoms in total. The van der Waals surface area contributed by atoms with Gasteiger partial charge in [-0.2, -0.15) is 0 Å². The normalized spacial score (nSPS) is 12.6. The molecule has 0 radical (unpaired) electrons. The first-order valence-corrected chi connectivity index (χ1v) is 15.1. The van der Waals surface area contributed by atoms with Crippen molar-refractivity contribution in [3.63, 3.8) is 0 Å². The highest BCUT2D eigenvalue weighted by atomic mass is 28.4. The molecule has 29 heavy (non-hydrogen) atoms. The second-order valence-electron chi connectivity index (χ2n) is 10.2. The van der Waals surface area contributed by atoms with Crippen LogP contribution >= 0.6 is 0 Å². The Labute approximate surface area is 186 Å². The van der Waals surface area contributed by atoms with Crippen LogP contribution in [0.5, 0.6) is 0 Å². The van der Waals surface area contributed by atoms with Crippen molar-refractivity contribution >= 4 is 8.56 Å². The molecular weight excluding hydrogens is 372 g/mol. The van der Waals surface area contributed by atoms with Crippen LogP contribution in [-0.2, 0) is 8.85 Å². The summed E-state index contributed by atoms with van der Waals surface area (Å²) in [5.74, 6) is 0. The molecule has 0 aromatic rings. The van der Waals surface area contributed by atoms with E-state index in [-0.39, 0.29) is 5.04 Å². The molecule has 0 aromatic carbocycles. The van der Waals surface area contributed by atoms with Crippen molar-refractivity contribution in [1.82, 2.24) is 0 Å². The van der Waals surface area contributed by atoms with Crippen molar-refractivity contribution in [3.05, 3.63) is 0 Å². The predicted octanol–water partition coefficient (Wildman–Crippen LogP) is 9.56. The van der Waals surface area contributed by atoms with Gasteiger partial charge in [0.2, 0.25) is 0 Å². The van der Waals surface area contributed by atoms with Gasteiger partial charge in [0.25, 0.3) is 0 Å². The highest BCUT2D eigenvalue weighted by Gasteiger charge is 2.47. The van der Waals surface area contributed by atoms with Crippen LogP contribution in [0, 0.1) is 0 Å². The molecule has 0 amide bonds. The topological polar surface area (TPSA) is 18.5 Å². The van der Waals surface area contributed by atoms with Gasteiger partial charge in [0.1, 0.15) is 0 Å². The van der Waals surface area contributed by atoms with Crippen LogP contribution in [-0.4, -0.2) is 22.8 Å². The van der Waals surface area contributed by atoms with Crippen LogP contribution in [0.15, 0.2) is 0 Å². The van der Waals surface area contributed by atoms with Gasteiger partial charge in [-0.25, -0.2) is 0 Å². The number of hydrogen-bond acceptors (Lipinski definition) is 2. The fraction of sp³-hybridized carbons (Fsp3) is 1.00. The van der Waals surface area contributed by atoms with E-state index in [1.807, 2.05) is 14.2 Å². The third-order valence-electron chi connectivity index (χ3n) is 6.66. The number of unbranched alkanes of at least 4 members (excludes halogenated alkanes) is 17. The van der Waals surface area contributed by atoms with E-state index in [0.29, 0.717) is 0 Å². The van der Waals surface area contributed by atoms with Crippen LogP contribution in [0.4, 0.5) is 0 Å². The summed E-state index contributed by atoms with van der Waals surface area (Å²) in [5.41, 5.74) is 0. The van der Waals surface area contributed by atoms with Crippen molar-refractivity contribution < 1.29 is 8.85 Å². The maximum atomic E-state index is 5.90. The minimum Gasteiger partial charge on any atom is -0.397 e. The Hall–Kier alpha value is 0.137. The molecule has 176 valence electrons. The van der Waals surface area contributed by atoms with Crippen LogP contribution < -0.4 is 0 Å². The minimum absolute atomic E-state index is 0.144. The molecule has 0 aromatic heterocycles. The van der Waals surface area contributed by atoms with Gasteiger partial charge in [-0.1, -0.05) is 143 Å². The second kappa shape index (κ2) is 18.9. The molecule has 0 aliphatic carbocycles. The van der Waals surface area contributed by atoms with E-state index in [0.717, 1.165) is 6.04 Å². The third-order valence-corrected chi connectivity index (χ3v) is 11.3. The summed E-state index contributed by atoms with van der Waals surface area (Å²) in [6, 6.07) is 1.13. The summed E-state index contributed by atoms with van der Waals surface area (Å²) < 4.78 is 11.8. The Balaban J connectivity index is 3.38. The second-order valence-corrected chi connectivity index (χ2v) is 14.5. The lowest BCUT2D eigenvalue weighted by Crippen LogP contribution is -2.48. The van der Waals surface area contributed by atoms with Crippen LogP contribution in [0.1, 0.15) is 143 Å². The molecule has 3 heteroatoms. The van der Waals surface area contributed by atoms with E-state index in [1.165, 1.54) is 116 Å². The van der Waals surface area contributed by atoms with Gasteiger partial charge in [0, 0.05) is 19.3 Å². The fourth-order valence-corrected chi connectivity index (χ4v) is 7.80. The summed E-state index contributed by atoms with van der Waals surface area (Å²) in [6.07, 6.45) is 25.6. The molecule has 0 fully saturated rings.